The Balaban J connectivity index is 1.70. The Morgan fingerprint density at radius 3 is 2.91 bits per heavy atom. The number of nitrogens with zero attached hydrogens (tertiary/aromatic N) is 1. The van der Waals surface area contributed by atoms with Crippen LogP contribution in [0.5, 0.6) is 0 Å². The first-order valence-electron chi connectivity index (χ1n) is 6.65. The number of benzene rings is 2. The summed E-state index contributed by atoms with van der Waals surface area (Å²) in [5.41, 5.74) is 1.71. The van der Waals surface area contributed by atoms with Gasteiger partial charge in [0.1, 0.15) is 11.3 Å². The van der Waals surface area contributed by atoms with Crippen LogP contribution in [0.3, 0.4) is 0 Å². The van der Waals surface area contributed by atoms with E-state index in [-0.39, 0.29) is 17.2 Å². The molecule has 2 aromatic heterocycles. The van der Waals surface area contributed by atoms with Crippen molar-refractivity contribution in [2.75, 3.05) is 5.32 Å². The number of para-hydroxylation sites is 2. The summed E-state index contributed by atoms with van der Waals surface area (Å²) in [4.78, 5) is 19.6. The van der Waals surface area contributed by atoms with Crippen molar-refractivity contribution in [1.29, 1.82) is 0 Å². The number of carbonyl (C=O) groups excluding carboxylic acids is 1. The van der Waals surface area contributed by atoms with E-state index in [4.69, 9.17) is 0 Å². The molecule has 2 aromatic carbocycles. The number of rotatable bonds is 2. The number of H-pyrrole nitrogens is 1. The lowest BCUT2D eigenvalue weighted by Gasteiger charge is -1.99. The predicted octanol–water partition coefficient (Wildman–Crippen LogP) is 4.17. The van der Waals surface area contributed by atoms with Crippen LogP contribution in [0.15, 0.2) is 48.7 Å². The average molecular weight is 311 g/mol. The molecule has 2 heterocycles. The summed E-state index contributed by atoms with van der Waals surface area (Å²) in [5.74, 6) is -0.654. The van der Waals surface area contributed by atoms with Crippen LogP contribution in [-0.4, -0.2) is 15.9 Å². The molecule has 0 radical (unpaired) electrons. The smallest absolute Gasteiger partial charge is 0.259 e. The van der Waals surface area contributed by atoms with Crippen molar-refractivity contribution in [1.82, 2.24) is 9.97 Å². The third-order valence-corrected chi connectivity index (χ3v) is 4.36. The van der Waals surface area contributed by atoms with Gasteiger partial charge in [-0.25, -0.2) is 9.37 Å². The van der Waals surface area contributed by atoms with Crippen molar-refractivity contribution in [3.8, 4) is 0 Å². The first-order valence-corrected chi connectivity index (χ1v) is 7.46. The highest BCUT2D eigenvalue weighted by molar-refractivity contribution is 7.22. The topological polar surface area (TPSA) is 57.8 Å². The summed E-state index contributed by atoms with van der Waals surface area (Å²) in [6.45, 7) is 0. The summed E-state index contributed by atoms with van der Waals surface area (Å²) in [7, 11) is 0. The van der Waals surface area contributed by atoms with Crippen LogP contribution in [0.2, 0.25) is 0 Å². The van der Waals surface area contributed by atoms with Crippen LogP contribution in [0, 0.1) is 5.82 Å². The van der Waals surface area contributed by atoms with Gasteiger partial charge in [0.05, 0.1) is 10.3 Å². The molecule has 0 aliphatic carbocycles. The Morgan fingerprint density at radius 2 is 2.05 bits per heavy atom. The van der Waals surface area contributed by atoms with Crippen molar-refractivity contribution < 1.29 is 9.18 Å². The molecule has 1 amide bonds. The molecular formula is C16H10FN3OS. The lowest BCUT2D eigenvalue weighted by molar-refractivity contribution is 0.102. The largest absolute Gasteiger partial charge is 0.360 e. The van der Waals surface area contributed by atoms with E-state index in [1.54, 1.807) is 18.3 Å². The number of aromatic amines is 1. The van der Waals surface area contributed by atoms with E-state index in [1.807, 2.05) is 24.3 Å². The quantitative estimate of drug-likeness (QED) is 0.584. The molecule has 4 aromatic rings. The molecule has 0 saturated carbocycles. The fourth-order valence-electron chi connectivity index (χ4n) is 2.39. The Labute approximate surface area is 128 Å². The van der Waals surface area contributed by atoms with Crippen LogP contribution in [0.1, 0.15) is 10.4 Å². The summed E-state index contributed by atoms with van der Waals surface area (Å²) in [6.07, 6.45) is 1.66. The molecule has 0 atom stereocenters. The van der Waals surface area contributed by atoms with Gasteiger partial charge in [-0.15, -0.1) is 0 Å². The van der Waals surface area contributed by atoms with Crippen LogP contribution >= 0.6 is 11.3 Å². The Kier molecular flexibility index (Phi) is 2.90. The number of anilines is 1. The van der Waals surface area contributed by atoms with Crippen LogP contribution in [0.25, 0.3) is 21.1 Å². The predicted molar refractivity (Wildman–Crippen MR) is 85.8 cm³/mol. The maximum Gasteiger partial charge on any atom is 0.259 e. The molecule has 4 rings (SSSR count). The lowest BCUT2D eigenvalue weighted by atomic mass is 10.2. The molecule has 2 N–H and O–H groups in total. The first kappa shape index (κ1) is 13.0. The molecule has 4 nitrogen and oxygen atoms in total. The first-order chi connectivity index (χ1) is 10.7. The van der Waals surface area contributed by atoms with Crippen molar-refractivity contribution in [3.63, 3.8) is 0 Å². The Hall–Kier alpha value is -2.73. The van der Waals surface area contributed by atoms with Crippen molar-refractivity contribution in [2.24, 2.45) is 0 Å². The fraction of sp³-hybridized carbons (Fsp3) is 0. The minimum atomic E-state index is -0.388. The minimum absolute atomic E-state index is 0.267. The maximum atomic E-state index is 13.6. The molecule has 0 aliphatic heterocycles. The highest BCUT2D eigenvalue weighted by Crippen LogP contribution is 2.28. The molecule has 6 heteroatoms. The molecular weight excluding hydrogens is 301 g/mol. The van der Waals surface area contributed by atoms with Crippen molar-refractivity contribution >= 4 is 43.5 Å². The van der Waals surface area contributed by atoms with E-state index < -0.39 is 0 Å². The zero-order chi connectivity index (χ0) is 15.1. The van der Waals surface area contributed by atoms with E-state index in [0.29, 0.717) is 15.4 Å². The Morgan fingerprint density at radius 1 is 1.18 bits per heavy atom. The second kappa shape index (κ2) is 4.92. The minimum Gasteiger partial charge on any atom is -0.360 e. The second-order valence-corrected chi connectivity index (χ2v) is 5.84. The van der Waals surface area contributed by atoms with E-state index in [1.165, 1.54) is 17.4 Å². The monoisotopic (exact) mass is 311 g/mol. The Bertz CT molecular complexity index is 1000. The van der Waals surface area contributed by atoms with Crippen molar-refractivity contribution in [2.45, 2.75) is 0 Å². The number of fused-ring (bicyclic) bond motifs is 2. The molecule has 0 saturated heterocycles. The lowest BCUT2D eigenvalue weighted by Crippen LogP contribution is -2.10. The van der Waals surface area contributed by atoms with Gasteiger partial charge in [0.2, 0.25) is 0 Å². The summed E-state index contributed by atoms with van der Waals surface area (Å²) in [6, 6.07) is 12.3. The maximum absolute atomic E-state index is 13.6. The van der Waals surface area contributed by atoms with E-state index in [0.717, 1.165) is 10.9 Å². The van der Waals surface area contributed by atoms with Gasteiger partial charge >= 0.3 is 0 Å². The number of aromatic nitrogens is 2. The normalized spacial score (nSPS) is 11.1. The van der Waals surface area contributed by atoms with E-state index in [9.17, 15) is 9.18 Å². The number of hydrogen-bond donors (Lipinski definition) is 2. The van der Waals surface area contributed by atoms with Gasteiger partial charge < -0.3 is 4.98 Å². The summed E-state index contributed by atoms with van der Waals surface area (Å²) in [5, 5.41) is 3.96. The highest BCUT2D eigenvalue weighted by Gasteiger charge is 2.14. The number of nitrogens with one attached hydrogen (secondary N) is 2. The van der Waals surface area contributed by atoms with E-state index >= 15 is 0 Å². The van der Waals surface area contributed by atoms with Crippen LogP contribution < -0.4 is 5.32 Å². The number of hydrogen-bond acceptors (Lipinski definition) is 3. The molecule has 0 spiro atoms. The van der Waals surface area contributed by atoms with Crippen LogP contribution in [-0.2, 0) is 0 Å². The summed E-state index contributed by atoms with van der Waals surface area (Å²) >= 11 is 1.25. The van der Waals surface area contributed by atoms with Crippen LogP contribution in [0.4, 0.5) is 9.52 Å². The van der Waals surface area contributed by atoms with Gasteiger partial charge in [0.25, 0.3) is 5.91 Å². The van der Waals surface area contributed by atoms with Gasteiger partial charge in [0.15, 0.2) is 5.13 Å². The molecule has 0 fully saturated rings. The SMILES string of the molecule is O=C(Nc1nc2c(F)cccc2s1)c1c[nH]c2ccccc12. The molecule has 0 bridgehead atoms. The number of carbonyl (C=O) groups is 1. The number of thiazole rings is 1. The third-order valence-electron chi connectivity index (χ3n) is 3.42. The summed E-state index contributed by atoms with van der Waals surface area (Å²) < 4.78 is 14.3. The number of amides is 1. The zero-order valence-electron chi connectivity index (χ0n) is 11.3. The number of halogens is 1. The molecule has 108 valence electrons. The highest BCUT2D eigenvalue weighted by atomic mass is 32.1. The fourth-order valence-corrected chi connectivity index (χ4v) is 3.27. The zero-order valence-corrected chi connectivity index (χ0v) is 12.1. The van der Waals surface area contributed by atoms with Gasteiger partial charge in [-0.2, -0.15) is 0 Å². The third kappa shape index (κ3) is 2.05. The standard InChI is InChI=1S/C16H10FN3OS/c17-11-5-3-7-13-14(11)19-16(22-13)20-15(21)10-8-18-12-6-2-1-4-9(10)12/h1-8,18H,(H,19,20,21). The van der Waals surface area contributed by atoms with Gasteiger partial charge in [0, 0.05) is 17.1 Å². The second-order valence-electron chi connectivity index (χ2n) is 4.81. The van der Waals surface area contributed by atoms with Crippen molar-refractivity contribution in [3.05, 3.63) is 60.0 Å². The van der Waals surface area contributed by atoms with Gasteiger partial charge in [-0.1, -0.05) is 35.6 Å². The molecule has 0 aliphatic rings. The average Bonchev–Trinajstić information content (AvgIpc) is 3.11. The molecule has 0 unspecified atom stereocenters. The van der Waals surface area contributed by atoms with E-state index in [2.05, 4.69) is 15.3 Å². The van der Waals surface area contributed by atoms with Gasteiger partial charge in [-0.3, -0.25) is 10.1 Å². The van der Waals surface area contributed by atoms with Gasteiger partial charge in [-0.05, 0) is 18.2 Å². The molecule has 22 heavy (non-hydrogen) atoms.